The molecule has 0 bridgehead atoms. The van der Waals surface area contributed by atoms with Crippen molar-refractivity contribution in [1.29, 1.82) is 0 Å². The van der Waals surface area contributed by atoms with E-state index in [-0.39, 0.29) is 5.91 Å². The fourth-order valence-corrected chi connectivity index (χ4v) is 1.61. The van der Waals surface area contributed by atoms with Crippen LogP contribution >= 0.6 is 0 Å². The molecule has 0 aromatic rings. The van der Waals surface area contributed by atoms with Gasteiger partial charge in [-0.2, -0.15) is 0 Å². The molecule has 0 aromatic heterocycles. The van der Waals surface area contributed by atoms with E-state index >= 15 is 0 Å². The smallest absolute Gasteiger partial charge is 0.222 e. The summed E-state index contributed by atoms with van der Waals surface area (Å²) in [6, 6.07) is 0. The number of hydrogen-bond acceptors (Lipinski definition) is 3. The van der Waals surface area contributed by atoms with Gasteiger partial charge >= 0.3 is 0 Å². The first kappa shape index (κ1) is 16.4. The van der Waals surface area contributed by atoms with Gasteiger partial charge in [-0.25, -0.2) is 0 Å². The van der Waals surface area contributed by atoms with E-state index in [1.807, 2.05) is 4.90 Å². The SMILES string of the molecule is COCCN(CC(C)C)C(=O)CCC(C)CN. The van der Waals surface area contributed by atoms with Gasteiger partial charge < -0.3 is 15.4 Å². The zero-order valence-corrected chi connectivity index (χ0v) is 11.7. The van der Waals surface area contributed by atoms with E-state index in [1.165, 1.54) is 0 Å². The van der Waals surface area contributed by atoms with Crippen LogP contribution in [0.25, 0.3) is 0 Å². The van der Waals surface area contributed by atoms with Crippen molar-refractivity contribution in [3.8, 4) is 0 Å². The van der Waals surface area contributed by atoms with Crippen molar-refractivity contribution in [3.63, 3.8) is 0 Å². The maximum atomic E-state index is 12.0. The molecule has 0 aliphatic rings. The molecule has 17 heavy (non-hydrogen) atoms. The van der Waals surface area contributed by atoms with E-state index in [1.54, 1.807) is 7.11 Å². The lowest BCUT2D eigenvalue weighted by atomic mass is 10.1. The van der Waals surface area contributed by atoms with Gasteiger partial charge in [0.25, 0.3) is 0 Å². The van der Waals surface area contributed by atoms with Crippen LogP contribution < -0.4 is 5.73 Å². The highest BCUT2D eigenvalue weighted by molar-refractivity contribution is 5.76. The fourth-order valence-electron chi connectivity index (χ4n) is 1.61. The van der Waals surface area contributed by atoms with E-state index in [4.69, 9.17) is 10.5 Å². The first-order valence-corrected chi connectivity index (χ1v) is 6.48. The molecule has 0 saturated heterocycles. The molecule has 0 spiro atoms. The highest BCUT2D eigenvalue weighted by atomic mass is 16.5. The average Bonchev–Trinajstić information content (AvgIpc) is 2.30. The Balaban J connectivity index is 4.11. The molecular weight excluding hydrogens is 216 g/mol. The third-order valence-corrected chi connectivity index (χ3v) is 2.76. The van der Waals surface area contributed by atoms with Crippen molar-refractivity contribution >= 4 is 5.91 Å². The second kappa shape index (κ2) is 9.42. The van der Waals surface area contributed by atoms with Crippen LogP contribution in [0.5, 0.6) is 0 Å². The van der Waals surface area contributed by atoms with Crippen molar-refractivity contribution in [2.45, 2.75) is 33.6 Å². The predicted octanol–water partition coefficient (Wildman–Crippen LogP) is 1.49. The lowest BCUT2D eigenvalue weighted by Crippen LogP contribution is -2.36. The molecule has 0 fully saturated rings. The van der Waals surface area contributed by atoms with Crippen LogP contribution in [-0.2, 0) is 9.53 Å². The summed E-state index contributed by atoms with van der Waals surface area (Å²) in [5, 5.41) is 0. The number of amides is 1. The van der Waals surface area contributed by atoms with Crippen LogP contribution in [0, 0.1) is 11.8 Å². The third-order valence-electron chi connectivity index (χ3n) is 2.76. The molecule has 1 atom stereocenters. The maximum absolute atomic E-state index is 12.0. The number of nitrogens with two attached hydrogens (primary N) is 1. The number of hydrogen-bond donors (Lipinski definition) is 1. The number of carbonyl (C=O) groups is 1. The van der Waals surface area contributed by atoms with Gasteiger partial charge in [0, 0.05) is 26.6 Å². The Labute approximate surface area is 105 Å². The highest BCUT2D eigenvalue weighted by Crippen LogP contribution is 2.08. The number of rotatable bonds is 9. The predicted molar refractivity (Wildman–Crippen MR) is 70.7 cm³/mol. The normalized spacial score (nSPS) is 12.8. The molecule has 4 heteroatoms. The topological polar surface area (TPSA) is 55.6 Å². The zero-order chi connectivity index (χ0) is 13.3. The van der Waals surface area contributed by atoms with Gasteiger partial charge in [-0.1, -0.05) is 20.8 Å². The molecular formula is C13H28N2O2. The van der Waals surface area contributed by atoms with Gasteiger partial charge in [0.05, 0.1) is 6.61 Å². The highest BCUT2D eigenvalue weighted by Gasteiger charge is 2.15. The molecule has 0 rings (SSSR count). The van der Waals surface area contributed by atoms with Crippen LogP contribution in [0.1, 0.15) is 33.6 Å². The molecule has 4 nitrogen and oxygen atoms in total. The fraction of sp³-hybridized carbons (Fsp3) is 0.923. The monoisotopic (exact) mass is 244 g/mol. The minimum absolute atomic E-state index is 0.219. The quantitative estimate of drug-likeness (QED) is 0.668. The summed E-state index contributed by atoms with van der Waals surface area (Å²) in [6.45, 7) is 9.06. The second-order valence-electron chi connectivity index (χ2n) is 5.11. The van der Waals surface area contributed by atoms with Crippen molar-refractivity contribution < 1.29 is 9.53 Å². The number of methoxy groups -OCH3 is 1. The van der Waals surface area contributed by atoms with E-state index in [9.17, 15) is 4.79 Å². The van der Waals surface area contributed by atoms with Crippen LogP contribution in [0.15, 0.2) is 0 Å². The average molecular weight is 244 g/mol. The molecule has 1 unspecified atom stereocenters. The van der Waals surface area contributed by atoms with Crippen molar-refractivity contribution in [2.24, 2.45) is 17.6 Å². The largest absolute Gasteiger partial charge is 0.383 e. The van der Waals surface area contributed by atoms with Crippen LogP contribution in [0.2, 0.25) is 0 Å². The minimum atomic E-state index is 0.219. The Morgan fingerprint density at radius 3 is 2.47 bits per heavy atom. The molecule has 102 valence electrons. The summed E-state index contributed by atoms with van der Waals surface area (Å²) < 4.78 is 5.04. The molecule has 0 aliphatic heterocycles. The summed E-state index contributed by atoms with van der Waals surface area (Å²) in [5.41, 5.74) is 5.55. The minimum Gasteiger partial charge on any atom is -0.383 e. The van der Waals surface area contributed by atoms with Gasteiger partial charge in [-0.05, 0) is 24.8 Å². The molecule has 0 aromatic carbocycles. The van der Waals surface area contributed by atoms with Crippen LogP contribution in [0.4, 0.5) is 0 Å². The molecule has 1 amide bonds. The van der Waals surface area contributed by atoms with Crippen molar-refractivity contribution in [1.82, 2.24) is 4.90 Å². The zero-order valence-electron chi connectivity index (χ0n) is 11.7. The van der Waals surface area contributed by atoms with Gasteiger partial charge in [-0.15, -0.1) is 0 Å². The van der Waals surface area contributed by atoms with Crippen molar-refractivity contribution in [2.75, 3.05) is 33.4 Å². The Kier molecular flexibility index (Phi) is 9.09. The standard InChI is InChI=1S/C13H28N2O2/c1-11(2)10-15(7-8-17-4)13(16)6-5-12(3)9-14/h11-12H,5-10,14H2,1-4H3. The number of ether oxygens (including phenoxy) is 1. The Bertz CT molecular complexity index is 208. The van der Waals surface area contributed by atoms with Gasteiger partial charge in [0.1, 0.15) is 0 Å². The lowest BCUT2D eigenvalue weighted by Gasteiger charge is -2.24. The third kappa shape index (κ3) is 8.16. The summed E-state index contributed by atoms with van der Waals surface area (Å²) in [4.78, 5) is 13.9. The molecule has 0 heterocycles. The van der Waals surface area contributed by atoms with Crippen LogP contribution in [-0.4, -0.2) is 44.2 Å². The number of nitrogens with zero attached hydrogens (tertiary/aromatic N) is 1. The Hall–Kier alpha value is -0.610. The van der Waals surface area contributed by atoms with Crippen molar-refractivity contribution in [3.05, 3.63) is 0 Å². The lowest BCUT2D eigenvalue weighted by molar-refractivity contribution is -0.132. The second-order valence-corrected chi connectivity index (χ2v) is 5.11. The van der Waals surface area contributed by atoms with Crippen LogP contribution in [0.3, 0.4) is 0 Å². The van der Waals surface area contributed by atoms with E-state index in [0.717, 1.165) is 13.0 Å². The summed E-state index contributed by atoms with van der Waals surface area (Å²) in [6.07, 6.45) is 1.46. The number of carbonyl (C=O) groups excluding carboxylic acids is 1. The summed E-state index contributed by atoms with van der Waals surface area (Å²) >= 11 is 0. The summed E-state index contributed by atoms with van der Waals surface area (Å²) in [7, 11) is 1.66. The first-order valence-electron chi connectivity index (χ1n) is 6.48. The van der Waals surface area contributed by atoms with E-state index in [2.05, 4.69) is 20.8 Å². The molecule has 0 radical (unpaired) electrons. The van der Waals surface area contributed by atoms with E-state index in [0.29, 0.717) is 38.0 Å². The first-order chi connectivity index (χ1) is 8.01. The Morgan fingerprint density at radius 1 is 1.35 bits per heavy atom. The molecule has 2 N–H and O–H groups in total. The molecule has 0 saturated carbocycles. The summed E-state index contributed by atoms with van der Waals surface area (Å²) in [5.74, 6) is 1.13. The Morgan fingerprint density at radius 2 is 2.00 bits per heavy atom. The van der Waals surface area contributed by atoms with Gasteiger partial charge in [0.15, 0.2) is 0 Å². The molecule has 0 aliphatic carbocycles. The van der Waals surface area contributed by atoms with Gasteiger partial charge in [-0.3, -0.25) is 4.79 Å². The van der Waals surface area contributed by atoms with Gasteiger partial charge in [0.2, 0.25) is 5.91 Å². The maximum Gasteiger partial charge on any atom is 0.222 e. The van der Waals surface area contributed by atoms with E-state index < -0.39 is 0 Å².